The number of halogens is 3. The highest BCUT2D eigenvalue weighted by Crippen LogP contribution is 2.36. The number of aromatic amines is 1. The number of nitrogens with one attached hydrogen (secondary N) is 1. The molecule has 0 amide bonds. The lowest BCUT2D eigenvalue weighted by Gasteiger charge is -2.10. The molecule has 0 radical (unpaired) electrons. The van der Waals surface area contributed by atoms with E-state index in [1.807, 2.05) is 0 Å². The summed E-state index contributed by atoms with van der Waals surface area (Å²) in [6.45, 7) is 0. The second-order valence-electron chi connectivity index (χ2n) is 5.36. The van der Waals surface area contributed by atoms with Crippen molar-refractivity contribution in [2.45, 2.75) is 0 Å². The van der Waals surface area contributed by atoms with Crippen LogP contribution in [-0.4, -0.2) is 26.3 Å². The first-order valence-electron chi connectivity index (χ1n) is 7.12. The van der Waals surface area contributed by atoms with Crippen LogP contribution >= 0.6 is 15.9 Å². The van der Waals surface area contributed by atoms with Gasteiger partial charge < -0.3 is 5.11 Å². The van der Waals surface area contributed by atoms with Gasteiger partial charge >= 0.3 is 5.97 Å². The van der Waals surface area contributed by atoms with Crippen LogP contribution in [0.15, 0.2) is 41.0 Å². The highest BCUT2D eigenvalue weighted by molar-refractivity contribution is 9.10. The highest BCUT2D eigenvalue weighted by atomic mass is 79.9. The van der Waals surface area contributed by atoms with Gasteiger partial charge in [0.25, 0.3) is 0 Å². The summed E-state index contributed by atoms with van der Waals surface area (Å²) in [5.41, 5.74) is 0.558. The second-order valence-corrected chi connectivity index (χ2v) is 6.15. The van der Waals surface area contributed by atoms with Gasteiger partial charge in [-0.2, -0.15) is 5.10 Å². The average molecular weight is 404 g/mol. The molecule has 8 heteroatoms. The van der Waals surface area contributed by atoms with E-state index in [1.54, 1.807) is 6.07 Å². The normalized spacial score (nSPS) is 11.3. The maximum absolute atomic E-state index is 14.3. The molecule has 0 saturated heterocycles. The van der Waals surface area contributed by atoms with Gasteiger partial charge in [-0.05, 0) is 40.2 Å². The largest absolute Gasteiger partial charge is 0.478 e. The van der Waals surface area contributed by atoms with Crippen molar-refractivity contribution < 1.29 is 18.7 Å². The Morgan fingerprint density at radius 3 is 2.48 bits per heavy atom. The third kappa shape index (κ3) is 2.37. The minimum Gasteiger partial charge on any atom is -0.478 e. The molecule has 0 atom stereocenters. The number of carboxylic acid groups (broad SMARTS) is 1. The van der Waals surface area contributed by atoms with Crippen LogP contribution in [-0.2, 0) is 0 Å². The maximum Gasteiger partial charge on any atom is 0.335 e. The van der Waals surface area contributed by atoms with Crippen molar-refractivity contribution in [3.8, 4) is 11.3 Å². The van der Waals surface area contributed by atoms with Crippen LogP contribution in [0.3, 0.4) is 0 Å². The third-order valence-corrected chi connectivity index (χ3v) is 4.45. The fourth-order valence-electron chi connectivity index (χ4n) is 2.77. The fraction of sp³-hybridized carbons (Fsp3) is 0. The minimum atomic E-state index is -1.15. The monoisotopic (exact) mass is 403 g/mol. The molecule has 0 bridgehead atoms. The Morgan fingerprint density at radius 1 is 1.08 bits per heavy atom. The van der Waals surface area contributed by atoms with E-state index in [0.29, 0.717) is 26.4 Å². The molecule has 2 heterocycles. The molecule has 4 rings (SSSR count). The molecule has 5 nitrogen and oxygen atoms in total. The van der Waals surface area contributed by atoms with Gasteiger partial charge in [0.1, 0.15) is 27.3 Å². The van der Waals surface area contributed by atoms with E-state index in [1.165, 1.54) is 18.2 Å². The lowest BCUT2D eigenvalue weighted by molar-refractivity contribution is 0.0697. The Kier molecular flexibility index (Phi) is 3.50. The zero-order chi connectivity index (χ0) is 17.7. The van der Waals surface area contributed by atoms with Crippen molar-refractivity contribution >= 4 is 43.7 Å². The van der Waals surface area contributed by atoms with Crippen LogP contribution in [0.4, 0.5) is 8.78 Å². The highest BCUT2D eigenvalue weighted by Gasteiger charge is 2.20. The molecule has 0 aliphatic carbocycles. The van der Waals surface area contributed by atoms with Crippen molar-refractivity contribution in [3.63, 3.8) is 0 Å². The van der Waals surface area contributed by atoms with Gasteiger partial charge in [-0.1, -0.05) is 12.1 Å². The van der Waals surface area contributed by atoms with E-state index in [0.717, 1.165) is 12.1 Å². The van der Waals surface area contributed by atoms with Gasteiger partial charge in [0.15, 0.2) is 0 Å². The molecular weight excluding hydrogens is 396 g/mol. The standard InChI is InChI=1S/C17H8BrF2N3O2/c18-16-15-14(22-23-16)8-5-4-7(17(24)25)6-9(8)13(21-15)12-10(19)2-1-3-11(12)20/h1-6H,(H,22,23)(H,24,25). The number of benzene rings is 2. The first-order chi connectivity index (χ1) is 12.0. The number of pyridine rings is 1. The quantitative estimate of drug-likeness (QED) is 0.515. The van der Waals surface area contributed by atoms with Gasteiger partial charge in [0, 0.05) is 10.8 Å². The van der Waals surface area contributed by atoms with Crippen molar-refractivity contribution in [2.75, 3.05) is 0 Å². The number of carboxylic acids is 1. The van der Waals surface area contributed by atoms with Crippen molar-refractivity contribution in [1.82, 2.24) is 15.2 Å². The summed E-state index contributed by atoms with van der Waals surface area (Å²) in [6.07, 6.45) is 0. The molecule has 2 aromatic heterocycles. The molecule has 0 aliphatic rings. The summed E-state index contributed by atoms with van der Waals surface area (Å²) in [7, 11) is 0. The molecule has 2 aromatic carbocycles. The number of hydrogen-bond acceptors (Lipinski definition) is 3. The van der Waals surface area contributed by atoms with E-state index < -0.39 is 17.6 Å². The lowest BCUT2D eigenvalue weighted by atomic mass is 10.00. The SMILES string of the molecule is O=C(O)c1ccc2c(c1)c(-c1c(F)cccc1F)nc1c(Br)[nH]nc12. The van der Waals surface area contributed by atoms with Gasteiger partial charge in [0.2, 0.25) is 0 Å². The molecule has 25 heavy (non-hydrogen) atoms. The van der Waals surface area contributed by atoms with Crippen LogP contribution in [0.5, 0.6) is 0 Å². The molecule has 0 spiro atoms. The number of aromatic carboxylic acids is 1. The number of H-pyrrole nitrogens is 1. The Labute approximate surface area is 147 Å². The summed E-state index contributed by atoms with van der Waals surface area (Å²) < 4.78 is 29.1. The van der Waals surface area contributed by atoms with Gasteiger partial charge in [-0.3, -0.25) is 5.10 Å². The molecule has 0 aliphatic heterocycles. The second kappa shape index (κ2) is 5.59. The Balaban J connectivity index is 2.22. The predicted molar refractivity (Wildman–Crippen MR) is 91.4 cm³/mol. The molecule has 4 aromatic rings. The number of hydrogen-bond donors (Lipinski definition) is 2. The van der Waals surface area contributed by atoms with Gasteiger partial charge in [-0.15, -0.1) is 0 Å². The van der Waals surface area contributed by atoms with E-state index in [4.69, 9.17) is 0 Å². The van der Waals surface area contributed by atoms with E-state index in [2.05, 4.69) is 31.1 Å². The number of nitrogens with zero attached hydrogens (tertiary/aromatic N) is 2. The predicted octanol–water partition coefficient (Wildman–Crippen LogP) is 4.52. The number of fused-ring (bicyclic) bond motifs is 3. The van der Waals surface area contributed by atoms with E-state index in [9.17, 15) is 18.7 Å². The van der Waals surface area contributed by atoms with Crippen molar-refractivity contribution in [2.24, 2.45) is 0 Å². The van der Waals surface area contributed by atoms with Crippen molar-refractivity contribution in [1.29, 1.82) is 0 Å². The van der Waals surface area contributed by atoms with Crippen molar-refractivity contribution in [3.05, 3.63) is 58.2 Å². The van der Waals surface area contributed by atoms with Gasteiger partial charge in [-0.25, -0.2) is 18.6 Å². The molecule has 0 unspecified atom stereocenters. The topological polar surface area (TPSA) is 78.9 Å². The fourth-order valence-corrected chi connectivity index (χ4v) is 3.14. The molecule has 0 saturated carbocycles. The summed E-state index contributed by atoms with van der Waals surface area (Å²) in [4.78, 5) is 15.6. The smallest absolute Gasteiger partial charge is 0.335 e. The summed E-state index contributed by atoms with van der Waals surface area (Å²) in [5, 5.41) is 16.9. The summed E-state index contributed by atoms with van der Waals surface area (Å²) in [6, 6.07) is 7.81. The molecular formula is C17H8BrF2N3O2. The third-order valence-electron chi connectivity index (χ3n) is 3.90. The summed E-state index contributed by atoms with van der Waals surface area (Å²) >= 11 is 3.27. The Hall–Kier alpha value is -2.87. The number of carbonyl (C=O) groups is 1. The average Bonchev–Trinajstić information content (AvgIpc) is 2.95. The maximum atomic E-state index is 14.3. The Morgan fingerprint density at radius 2 is 1.80 bits per heavy atom. The van der Waals surface area contributed by atoms with Gasteiger partial charge in [0.05, 0.1) is 16.8 Å². The zero-order valence-electron chi connectivity index (χ0n) is 12.3. The first kappa shape index (κ1) is 15.6. The van der Waals surface area contributed by atoms with Crippen LogP contribution in [0.1, 0.15) is 10.4 Å². The van der Waals surface area contributed by atoms with E-state index >= 15 is 0 Å². The van der Waals surface area contributed by atoms with Crippen LogP contribution in [0.2, 0.25) is 0 Å². The molecule has 124 valence electrons. The lowest BCUT2D eigenvalue weighted by Crippen LogP contribution is -1.99. The zero-order valence-corrected chi connectivity index (χ0v) is 13.9. The molecule has 0 fully saturated rings. The van der Waals surface area contributed by atoms with Crippen LogP contribution < -0.4 is 0 Å². The first-order valence-corrected chi connectivity index (χ1v) is 7.91. The summed E-state index contributed by atoms with van der Waals surface area (Å²) in [5.74, 6) is -2.72. The number of rotatable bonds is 2. The van der Waals surface area contributed by atoms with Crippen LogP contribution in [0, 0.1) is 11.6 Å². The Bertz CT molecular complexity index is 1150. The number of aromatic nitrogens is 3. The molecule has 2 N–H and O–H groups in total. The van der Waals surface area contributed by atoms with Crippen LogP contribution in [0.25, 0.3) is 33.1 Å². The van der Waals surface area contributed by atoms with E-state index in [-0.39, 0.29) is 16.8 Å². The minimum absolute atomic E-state index is 0.0127.